The standard InChI is InChI=1S/C5H10O.C2H6O.H2O/c1-4(2)5(3)6;1-2-3;/h4H,1-3H3;3H,2H2,1H3;1H2. The molecule has 0 aliphatic carbocycles. The van der Waals surface area contributed by atoms with E-state index in [9.17, 15) is 4.79 Å². The van der Waals surface area contributed by atoms with Crippen molar-refractivity contribution in [3.8, 4) is 0 Å². The Bertz CT molecular complexity index is 69.3. The fraction of sp³-hybridized carbons (Fsp3) is 0.857. The van der Waals surface area contributed by atoms with E-state index in [2.05, 4.69) is 0 Å². The molecule has 0 rings (SSSR count). The largest absolute Gasteiger partial charge is 0.412 e. The molecule has 0 saturated carbocycles. The molecule has 0 radical (unpaired) electrons. The minimum atomic E-state index is 0. The van der Waals surface area contributed by atoms with Gasteiger partial charge in [-0.1, -0.05) is 13.8 Å². The summed E-state index contributed by atoms with van der Waals surface area (Å²) in [6.07, 6.45) is 0. The number of rotatable bonds is 1. The lowest BCUT2D eigenvalue weighted by atomic mass is 10.1. The maximum Gasteiger partial charge on any atom is 0.132 e. The second-order valence-electron chi connectivity index (χ2n) is 2.08. The average Bonchev–Trinajstić information content (AvgIpc) is 1.68. The zero-order valence-corrected chi connectivity index (χ0v) is 7.14. The maximum atomic E-state index is 10.1. The number of carbonyl (C=O) groups is 1. The first-order valence-electron chi connectivity index (χ1n) is 3.17. The number of carbonyl (C=O) groups excluding carboxylic acids is 1. The van der Waals surface area contributed by atoms with Crippen LogP contribution in [0.3, 0.4) is 0 Å². The van der Waals surface area contributed by atoms with Crippen molar-refractivity contribution in [3.63, 3.8) is 0 Å². The Hall–Kier alpha value is -0.410. The molecule has 0 spiro atoms. The second kappa shape index (κ2) is 11.4. The number of hydrogen-bond acceptors (Lipinski definition) is 2. The Morgan fingerprint density at radius 2 is 1.60 bits per heavy atom. The van der Waals surface area contributed by atoms with Crippen molar-refractivity contribution in [3.05, 3.63) is 0 Å². The van der Waals surface area contributed by atoms with E-state index in [4.69, 9.17) is 5.11 Å². The van der Waals surface area contributed by atoms with Crippen LogP contribution in [-0.4, -0.2) is 23.0 Å². The summed E-state index contributed by atoms with van der Waals surface area (Å²) in [5.41, 5.74) is 0. The van der Waals surface area contributed by atoms with Gasteiger partial charge in [0.1, 0.15) is 5.78 Å². The van der Waals surface area contributed by atoms with Gasteiger partial charge in [-0.15, -0.1) is 0 Å². The number of aliphatic hydroxyl groups is 1. The summed E-state index contributed by atoms with van der Waals surface area (Å²) in [5, 5.41) is 7.57. The van der Waals surface area contributed by atoms with Crippen molar-refractivity contribution in [2.24, 2.45) is 5.92 Å². The van der Waals surface area contributed by atoms with Crippen LogP contribution in [0.2, 0.25) is 0 Å². The molecule has 0 unspecified atom stereocenters. The Labute approximate surface area is 62.4 Å². The average molecular weight is 150 g/mol. The number of Topliss-reactive ketones (excluding diaryl/α,β-unsaturated/α-hetero) is 1. The smallest absolute Gasteiger partial charge is 0.132 e. The van der Waals surface area contributed by atoms with Crippen molar-refractivity contribution in [2.75, 3.05) is 6.61 Å². The van der Waals surface area contributed by atoms with Gasteiger partial charge in [-0.25, -0.2) is 0 Å². The van der Waals surface area contributed by atoms with E-state index in [-0.39, 0.29) is 23.8 Å². The third-order valence-corrected chi connectivity index (χ3v) is 0.813. The molecular weight excluding hydrogens is 132 g/mol. The molecule has 0 aromatic rings. The summed E-state index contributed by atoms with van der Waals surface area (Å²) in [6.45, 7) is 7.31. The Morgan fingerprint density at radius 3 is 1.60 bits per heavy atom. The van der Waals surface area contributed by atoms with Gasteiger partial charge in [0.15, 0.2) is 0 Å². The highest BCUT2D eigenvalue weighted by Gasteiger charge is 1.94. The Balaban J connectivity index is -0.000000107. The first kappa shape index (κ1) is 16.3. The zero-order chi connectivity index (χ0) is 7.86. The lowest BCUT2D eigenvalue weighted by Crippen LogP contribution is -1.98. The summed E-state index contributed by atoms with van der Waals surface area (Å²) in [6, 6.07) is 0. The molecular formula is C7H18O3. The number of aliphatic hydroxyl groups excluding tert-OH is 1. The molecule has 0 saturated heterocycles. The minimum absolute atomic E-state index is 0. The second-order valence-corrected chi connectivity index (χ2v) is 2.08. The quantitative estimate of drug-likeness (QED) is 0.588. The lowest BCUT2D eigenvalue weighted by molar-refractivity contribution is -0.119. The van der Waals surface area contributed by atoms with E-state index in [0.29, 0.717) is 0 Å². The minimum Gasteiger partial charge on any atom is -0.412 e. The molecule has 3 nitrogen and oxygen atoms in total. The van der Waals surface area contributed by atoms with Crippen LogP contribution in [0.4, 0.5) is 0 Å². The number of hydrogen-bond donors (Lipinski definition) is 1. The van der Waals surface area contributed by atoms with Gasteiger partial charge in [-0.3, -0.25) is 4.79 Å². The van der Waals surface area contributed by atoms with Gasteiger partial charge in [0, 0.05) is 12.5 Å². The first-order chi connectivity index (χ1) is 4.06. The van der Waals surface area contributed by atoms with Gasteiger partial charge in [-0.2, -0.15) is 0 Å². The highest BCUT2D eigenvalue weighted by Crippen LogP contribution is 1.89. The number of ketones is 1. The first-order valence-corrected chi connectivity index (χ1v) is 3.17. The predicted molar refractivity (Wildman–Crippen MR) is 41.9 cm³/mol. The Morgan fingerprint density at radius 1 is 1.50 bits per heavy atom. The molecule has 3 N–H and O–H groups in total. The molecule has 3 heteroatoms. The van der Waals surface area contributed by atoms with Crippen molar-refractivity contribution >= 4 is 5.78 Å². The summed E-state index contributed by atoms with van der Waals surface area (Å²) in [4.78, 5) is 10.1. The van der Waals surface area contributed by atoms with Crippen molar-refractivity contribution in [1.29, 1.82) is 0 Å². The summed E-state index contributed by atoms with van der Waals surface area (Å²) in [5.74, 6) is 0.472. The van der Waals surface area contributed by atoms with E-state index in [0.717, 1.165) is 0 Å². The van der Waals surface area contributed by atoms with Crippen LogP contribution in [0.5, 0.6) is 0 Å². The summed E-state index contributed by atoms with van der Waals surface area (Å²) < 4.78 is 0. The van der Waals surface area contributed by atoms with Crippen LogP contribution >= 0.6 is 0 Å². The molecule has 0 atom stereocenters. The zero-order valence-electron chi connectivity index (χ0n) is 7.14. The van der Waals surface area contributed by atoms with Gasteiger partial charge in [0.25, 0.3) is 0 Å². The van der Waals surface area contributed by atoms with E-state index in [1.165, 1.54) is 0 Å². The molecule has 10 heavy (non-hydrogen) atoms. The van der Waals surface area contributed by atoms with Gasteiger partial charge in [-0.05, 0) is 13.8 Å². The van der Waals surface area contributed by atoms with Gasteiger partial charge < -0.3 is 10.6 Å². The van der Waals surface area contributed by atoms with Gasteiger partial charge in [0.05, 0.1) is 0 Å². The van der Waals surface area contributed by atoms with E-state index >= 15 is 0 Å². The molecule has 0 bridgehead atoms. The van der Waals surface area contributed by atoms with Gasteiger partial charge in [0.2, 0.25) is 0 Å². The molecule has 0 aliphatic heterocycles. The highest BCUT2D eigenvalue weighted by atomic mass is 16.2. The van der Waals surface area contributed by atoms with Crippen molar-refractivity contribution in [1.82, 2.24) is 0 Å². The van der Waals surface area contributed by atoms with E-state index < -0.39 is 0 Å². The molecule has 0 aromatic carbocycles. The molecule has 0 fully saturated rings. The molecule has 64 valence electrons. The normalized spacial score (nSPS) is 7.40. The van der Waals surface area contributed by atoms with E-state index in [1.54, 1.807) is 13.8 Å². The Kier molecular flexibility index (Phi) is 18.6. The topological polar surface area (TPSA) is 68.8 Å². The summed E-state index contributed by atoms with van der Waals surface area (Å²) >= 11 is 0. The monoisotopic (exact) mass is 150 g/mol. The fourth-order valence-corrected chi connectivity index (χ4v) is 0. The lowest BCUT2D eigenvalue weighted by Gasteiger charge is -1.90. The van der Waals surface area contributed by atoms with Crippen molar-refractivity contribution in [2.45, 2.75) is 27.7 Å². The van der Waals surface area contributed by atoms with E-state index in [1.807, 2.05) is 13.8 Å². The maximum absolute atomic E-state index is 10.1. The third kappa shape index (κ3) is 25.6. The van der Waals surface area contributed by atoms with Crippen LogP contribution in [0.15, 0.2) is 0 Å². The molecule has 0 aliphatic rings. The predicted octanol–water partition coefficient (Wildman–Crippen LogP) is 0.405. The summed E-state index contributed by atoms with van der Waals surface area (Å²) in [7, 11) is 0. The molecule has 0 heterocycles. The van der Waals surface area contributed by atoms with Crippen LogP contribution in [0.25, 0.3) is 0 Å². The molecule has 0 amide bonds. The SMILES string of the molecule is CC(=O)C(C)C.CCO.O. The van der Waals surface area contributed by atoms with Crippen molar-refractivity contribution < 1.29 is 15.4 Å². The van der Waals surface area contributed by atoms with Crippen LogP contribution < -0.4 is 0 Å². The molecule has 0 aromatic heterocycles. The highest BCUT2D eigenvalue weighted by molar-refractivity contribution is 5.77. The van der Waals surface area contributed by atoms with Gasteiger partial charge >= 0.3 is 0 Å². The fourth-order valence-electron chi connectivity index (χ4n) is 0. The van der Waals surface area contributed by atoms with Crippen LogP contribution in [-0.2, 0) is 4.79 Å². The third-order valence-electron chi connectivity index (χ3n) is 0.813. The van der Waals surface area contributed by atoms with Crippen LogP contribution in [0, 0.1) is 5.92 Å². The van der Waals surface area contributed by atoms with Crippen LogP contribution in [0.1, 0.15) is 27.7 Å².